The monoisotopic (exact) mass is 331 g/mol. The highest BCUT2D eigenvalue weighted by Gasteiger charge is 2.24. The molecule has 0 atom stereocenters. The van der Waals surface area contributed by atoms with Crippen LogP contribution >= 0.6 is 0 Å². The van der Waals surface area contributed by atoms with Crippen molar-refractivity contribution >= 4 is 11.8 Å². The van der Waals surface area contributed by atoms with E-state index in [1.807, 2.05) is 13.0 Å². The molecular weight excluding hydrogens is 310 g/mol. The Hall–Kier alpha value is -2.75. The number of amides is 2. The number of nitriles is 1. The molecule has 7 heteroatoms. The van der Waals surface area contributed by atoms with Crippen LogP contribution in [0.1, 0.15) is 13.3 Å². The molecule has 0 saturated carbocycles. The van der Waals surface area contributed by atoms with Gasteiger partial charge in [0, 0.05) is 26.2 Å². The molecular formula is C17H21N3O4. The second kappa shape index (κ2) is 8.77. The second-order valence-corrected chi connectivity index (χ2v) is 5.29. The van der Waals surface area contributed by atoms with Crippen LogP contribution in [0.5, 0.6) is 11.5 Å². The fourth-order valence-corrected chi connectivity index (χ4v) is 2.42. The average Bonchev–Trinajstić information content (AvgIpc) is 2.61. The van der Waals surface area contributed by atoms with Gasteiger partial charge in [-0.05, 0) is 31.2 Å². The number of rotatable bonds is 6. The van der Waals surface area contributed by atoms with Crippen LogP contribution < -0.4 is 9.47 Å². The van der Waals surface area contributed by atoms with Gasteiger partial charge in [0.1, 0.15) is 17.9 Å². The largest absolute Gasteiger partial charge is 0.494 e. The molecule has 1 heterocycles. The summed E-state index contributed by atoms with van der Waals surface area (Å²) in [5.41, 5.74) is 0. The van der Waals surface area contributed by atoms with Crippen LogP contribution in [-0.4, -0.2) is 61.0 Å². The average molecular weight is 331 g/mol. The van der Waals surface area contributed by atoms with Gasteiger partial charge in [-0.3, -0.25) is 9.59 Å². The maximum Gasteiger partial charge on any atom is 0.260 e. The molecule has 1 saturated heterocycles. The lowest BCUT2D eigenvalue weighted by Crippen LogP contribution is -2.51. The minimum Gasteiger partial charge on any atom is -0.494 e. The molecule has 1 aliphatic heterocycles. The standard InChI is InChI=1S/C17H21N3O4/c1-2-23-14-3-5-15(6-4-14)24-13-17(22)20-11-9-19(10-12-20)16(21)7-8-18/h3-6H,2,7,9-13H2,1H3. The maximum absolute atomic E-state index is 12.2. The summed E-state index contributed by atoms with van der Waals surface area (Å²) in [5.74, 6) is 1.07. The first-order valence-electron chi connectivity index (χ1n) is 7.92. The Bertz CT molecular complexity index is 601. The molecule has 1 aromatic rings. The summed E-state index contributed by atoms with van der Waals surface area (Å²) in [4.78, 5) is 27.1. The summed E-state index contributed by atoms with van der Waals surface area (Å²) in [6.07, 6.45) is -0.116. The Kier molecular flexibility index (Phi) is 6.43. The topological polar surface area (TPSA) is 82.9 Å². The third kappa shape index (κ3) is 4.88. The van der Waals surface area contributed by atoms with Crippen molar-refractivity contribution in [2.45, 2.75) is 13.3 Å². The van der Waals surface area contributed by atoms with Gasteiger partial charge in [-0.15, -0.1) is 0 Å². The van der Waals surface area contributed by atoms with Gasteiger partial charge >= 0.3 is 0 Å². The quantitative estimate of drug-likeness (QED) is 0.778. The summed E-state index contributed by atoms with van der Waals surface area (Å²) >= 11 is 0. The van der Waals surface area contributed by atoms with Crippen LogP contribution in [0.4, 0.5) is 0 Å². The Morgan fingerprint density at radius 3 is 2.00 bits per heavy atom. The molecule has 7 nitrogen and oxygen atoms in total. The van der Waals surface area contributed by atoms with E-state index >= 15 is 0 Å². The number of piperazine rings is 1. The summed E-state index contributed by atoms with van der Waals surface area (Å²) in [6.45, 7) is 4.30. The highest BCUT2D eigenvalue weighted by Crippen LogP contribution is 2.17. The molecule has 0 radical (unpaired) electrons. The summed E-state index contributed by atoms with van der Waals surface area (Å²) in [5, 5.41) is 8.55. The summed E-state index contributed by atoms with van der Waals surface area (Å²) in [6, 6.07) is 8.96. The molecule has 0 aliphatic carbocycles. The van der Waals surface area contributed by atoms with Crippen LogP contribution in [-0.2, 0) is 9.59 Å². The fraction of sp³-hybridized carbons (Fsp3) is 0.471. The van der Waals surface area contributed by atoms with Gasteiger partial charge < -0.3 is 19.3 Å². The minimum atomic E-state index is -0.185. The van der Waals surface area contributed by atoms with Crippen molar-refractivity contribution in [2.75, 3.05) is 39.4 Å². The van der Waals surface area contributed by atoms with Gasteiger partial charge in [0.25, 0.3) is 5.91 Å². The van der Waals surface area contributed by atoms with E-state index < -0.39 is 0 Å². The molecule has 2 amide bonds. The molecule has 128 valence electrons. The highest BCUT2D eigenvalue weighted by molar-refractivity contribution is 5.80. The van der Waals surface area contributed by atoms with Crippen LogP contribution in [0.25, 0.3) is 0 Å². The van der Waals surface area contributed by atoms with Crippen molar-refractivity contribution in [3.63, 3.8) is 0 Å². The highest BCUT2D eigenvalue weighted by atomic mass is 16.5. The van der Waals surface area contributed by atoms with Crippen molar-refractivity contribution in [3.8, 4) is 17.6 Å². The third-order valence-electron chi connectivity index (χ3n) is 3.71. The van der Waals surface area contributed by atoms with Crippen LogP contribution in [0.3, 0.4) is 0 Å². The van der Waals surface area contributed by atoms with E-state index in [0.717, 1.165) is 5.75 Å². The molecule has 1 aromatic carbocycles. The first-order chi connectivity index (χ1) is 11.6. The van der Waals surface area contributed by atoms with Gasteiger partial charge in [0.05, 0.1) is 12.7 Å². The normalized spacial score (nSPS) is 14.0. The van der Waals surface area contributed by atoms with E-state index in [-0.39, 0.29) is 24.8 Å². The molecule has 0 N–H and O–H groups in total. The van der Waals surface area contributed by atoms with Gasteiger partial charge in [-0.25, -0.2) is 0 Å². The van der Waals surface area contributed by atoms with Gasteiger partial charge in [-0.2, -0.15) is 5.26 Å². The van der Waals surface area contributed by atoms with Gasteiger partial charge in [0.2, 0.25) is 5.91 Å². The predicted octanol–water partition coefficient (Wildman–Crippen LogP) is 1.05. The lowest BCUT2D eigenvalue weighted by Gasteiger charge is -2.34. The molecule has 2 rings (SSSR count). The summed E-state index contributed by atoms with van der Waals surface area (Å²) < 4.78 is 10.8. The maximum atomic E-state index is 12.2. The molecule has 24 heavy (non-hydrogen) atoms. The fourth-order valence-electron chi connectivity index (χ4n) is 2.42. The van der Waals surface area contributed by atoms with Crippen LogP contribution in [0, 0.1) is 11.3 Å². The third-order valence-corrected chi connectivity index (χ3v) is 3.71. The number of nitrogens with zero attached hydrogens (tertiary/aromatic N) is 3. The number of carbonyl (C=O) groups is 2. The van der Waals surface area contributed by atoms with E-state index in [0.29, 0.717) is 38.5 Å². The summed E-state index contributed by atoms with van der Waals surface area (Å²) in [7, 11) is 0. The zero-order valence-electron chi connectivity index (χ0n) is 13.7. The molecule has 1 aliphatic rings. The van der Waals surface area contributed by atoms with E-state index in [9.17, 15) is 9.59 Å². The SMILES string of the molecule is CCOc1ccc(OCC(=O)N2CCN(C(=O)CC#N)CC2)cc1. The van der Waals surface area contributed by atoms with Crippen LogP contribution in [0.2, 0.25) is 0 Å². The number of benzene rings is 1. The minimum absolute atomic E-state index is 0.0415. The van der Waals surface area contributed by atoms with E-state index in [1.54, 1.807) is 34.1 Å². The Morgan fingerprint density at radius 1 is 1.00 bits per heavy atom. The predicted molar refractivity (Wildman–Crippen MR) is 86.5 cm³/mol. The Labute approximate surface area is 141 Å². The van der Waals surface area contributed by atoms with Crippen molar-refractivity contribution < 1.29 is 19.1 Å². The van der Waals surface area contributed by atoms with Crippen molar-refractivity contribution in [1.82, 2.24) is 9.80 Å². The molecule has 0 spiro atoms. The molecule has 0 aromatic heterocycles. The van der Waals surface area contributed by atoms with Gasteiger partial charge in [0.15, 0.2) is 6.61 Å². The molecule has 0 bridgehead atoms. The number of ether oxygens (including phenoxy) is 2. The first-order valence-corrected chi connectivity index (χ1v) is 7.92. The van der Waals surface area contributed by atoms with Crippen molar-refractivity contribution in [2.24, 2.45) is 0 Å². The first kappa shape index (κ1) is 17.6. The van der Waals surface area contributed by atoms with E-state index in [1.165, 1.54) is 0 Å². The number of carbonyl (C=O) groups excluding carboxylic acids is 2. The van der Waals surface area contributed by atoms with Gasteiger partial charge in [-0.1, -0.05) is 0 Å². The van der Waals surface area contributed by atoms with E-state index in [2.05, 4.69) is 0 Å². The molecule has 0 unspecified atom stereocenters. The second-order valence-electron chi connectivity index (χ2n) is 5.29. The Morgan fingerprint density at radius 2 is 1.50 bits per heavy atom. The number of hydrogen-bond donors (Lipinski definition) is 0. The lowest BCUT2D eigenvalue weighted by molar-refractivity contribution is -0.140. The molecule has 1 fully saturated rings. The zero-order valence-corrected chi connectivity index (χ0v) is 13.7. The zero-order chi connectivity index (χ0) is 17.4. The Balaban J connectivity index is 1.75. The van der Waals surface area contributed by atoms with Crippen molar-refractivity contribution in [1.29, 1.82) is 5.26 Å². The smallest absolute Gasteiger partial charge is 0.260 e. The van der Waals surface area contributed by atoms with Crippen molar-refractivity contribution in [3.05, 3.63) is 24.3 Å². The van der Waals surface area contributed by atoms with Crippen LogP contribution in [0.15, 0.2) is 24.3 Å². The van der Waals surface area contributed by atoms with E-state index in [4.69, 9.17) is 14.7 Å². The number of hydrogen-bond acceptors (Lipinski definition) is 5. The lowest BCUT2D eigenvalue weighted by atomic mass is 10.3.